The lowest BCUT2D eigenvalue weighted by atomic mass is 10.0. The Kier molecular flexibility index (Phi) is 11.2. The second-order valence-corrected chi connectivity index (χ2v) is 13.3. The van der Waals surface area contributed by atoms with Crippen LogP contribution in [0.1, 0.15) is 25.0 Å². The molecule has 0 fully saturated rings. The Bertz CT molecular complexity index is 1370. The molecular weight excluding hydrogens is 649 g/mol. The highest BCUT2D eigenvalue weighted by Crippen LogP contribution is 2.23. The van der Waals surface area contributed by atoms with Gasteiger partial charge in [0.2, 0.25) is 21.8 Å². The van der Waals surface area contributed by atoms with Crippen LogP contribution in [0.5, 0.6) is 0 Å². The van der Waals surface area contributed by atoms with Gasteiger partial charge in [0.05, 0.1) is 11.9 Å². The van der Waals surface area contributed by atoms with Crippen molar-refractivity contribution in [2.75, 3.05) is 23.7 Å². The zero-order chi connectivity index (χ0) is 28.6. The lowest BCUT2D eigenvalue weighted by Gasteiger charge is -2.34. The average molecular weight is 682 g/mol. The fourth-order valence-electron chi connectivity index (χ4n) is 4.01. The number of anilines is 1. The molecule has 0 aromatic heterocycles. The van der Waals surface area contributed by atoms with Crippen LogP contribution in [0, 0.1) is 9.49 Å². The number of carbonyl (C=O) groups is 2. The molecule has 0 radical (unpaired) electrons. The molecule has 10 heteroatoms. The number of hydrogen-bond acceptors (Lipinski definition) is 4. The number of amides is 2. The van der Waals surface area contributed by atoms with Crippen molar-refractivity contribution in [3.8, 4) is 0 Å². The number of hydrogen-bond donors (Lipinski definition) is 1. The number of nitrogens with zero attached hydrogens (tertiary/aromatic N) is 2. The summed E-state index contributed by atoms with van der Waals surface area (Å²) in [4.78, 5) is 29.1. The second kappa shape index (κ2) is 14.1. The van der Waals surface area contributed by atoms with Gasteiger partial charge in [-0.3, -0.25) is 13.9 Å². The molecule has 0 spiro atoms. The maximum Gasteiger partial charge on any atom is 0.244 e. The highest BCUT2D eigenvalue weighted by molar-refractivity contribution is 14.1. The van der Waals surface area contributed by atoms with Crippen LogP contribution in [-0.4, -0.2) is 50.5 Å². The molecule has 0 saturated carbocycles. The molecule has 0 heterocycles. The van der Waals surface area contributed by atoms with Gasteiger partial charge in [0.15, 0.2) is 0 Å². The van der Waals surface area contributed by atoms with E-state index in [0.29, 0.717) is 22.8 Å². The van der Waals surface area contributed by atoms with Crippen LogP contribution in [0.15, 0.2) is 78.9 Å². The van der Waals surface area contributed by atoms with Crippen molar-refractivity contribution in [1.82, 2.24) is 10.2 Å². The normalized spacial score (nSPS) is 12.2. The highest BCUT2D eigenvalue weighted by atomic mass is 127. The third kappa shape index (κ3) is 9.22. The molecule has 7 nitrogen and oxygen atoms in total. The molecule has 2 amide bonds. The van der Waals surface area contributed by atoms with Crippen molar-refractivity contribution < 1.29 is 18.0 Å². The van der Waals surface area contributed by atoms with Gasteiger partial charge in [-0.15, -0.1) is 0 Å². The van der Waals surface area contributed by atoms with Crippen molar-refractivity contribution in [1.29, 1.82) is 0 Å². The average Bonchev–Trinajstić information content (AvgIpc) is 2.89. The third-order valence-electron chi connectivity index (χ3n) is 6.05. The Balaban J connectivity index is 2.05. The molecule has 3 rings (SSSR count). The summed E-state index contributed by atoms with van der Waals surface area (Å²) in [5, 5.41) is 3.41. The molecular formula is C29H33ClIN3O4S. The molecule has 0 bridgehead atoms. The van der Waals surface area contributed by atoms with Gasteiger partial charge in [-0.05, 0) is 70.0 Å². The van der Waals surface area contributed by atoms with E-state index in [-0.39, 0.29) is 24.8 Å². The number of carbonyl (C=O) groups excluding carboxylic acids is 2. The summed E-state index contributed by atoms with van der Waals surface area (Å²) in [6.45, 7) is 3.99. The Hall–Kier alpha value is -2.63. The van der Waals surface area contributed by atoms with Gasteiger partial charge in [-0.2, -0.15) is 0 Å². The summed E-state index contributed by atoms with van der Waals surface area (Å²) >= 11 is 8.59. The molecule has 208 valence electrons. The first-order valence-corrected chi connectivity index (χ1v) is 15.8. The van der Waals surface area contributed by atoms with Crippen LogP contribution >= 0.6 is 34.2 Å². The molecule has 0 saturated heterocycles. The first-order chi connectivity index (χ1) is 18.5. The van der Waals surface area contributed by atoms with E-state index in [2.05, 4.69) is 27.9 Å². The number of nitrogens with one attached hydrogen (secondary N) is 1. The smallest absolute Gasteiger partial charge is 0.244 e. The Morgan fingerprint density at radius 1 is 0.949 bits per heavy atom. The first-order valence-electron chi connectivity index (χ1n) is 12.5. The van der Waals surface area contributed by atoms with E-state index >= 15 is 0 Å². The lowest BCUT2D eigenvalue weighted by molar-refractivity contribution is -0.140. The van der Waals surface area contributed by atoms with Gasteiger partial charge in [-0.25, -0.2) is 8.42 Å². The Morgan fingerprint density at radius 2 is 1.56 bits per heavy atom. The number of benzene rings is 3. The standard InChI is InChI=1S/C29H33ClIN3O4S/c1-21(2)18-32-29(36)27(17-22-9-5-4-6-10-22)33(19-23-11-7-8-12-26(23)30)28(35)20-34(39(3,37)38)25-15-13-24(31)14-16-25/h4-16,21,27H,17-20H2,1-3H3,(H,32,36). The third-order valence-corrected chi connectivity index (χ3v) is 8.28. The maximum atomic E-state index is 14.0. The van der Waals surface area contributed by atoms with Gasteiger partial charge < -0.3 is 10.2 Å². The van der Waals surface area contributed by atoms with E-state index in [0.717, 1.165) is 19.7 Å². The summed E-state index contributed by atoms with van der Waals surface area (Å²) in [7, 11) is -3.81. The van der Waals surface area contributed by atoms with Crippen molar-refractivity contribution in [2.24, 2.45) is 5.92 Å². The van der Waals surface area contributed by atoms with Crippen molar-refractivity contribution in [3.05, 3.63) is 98.6 Å². The largest absolute Gasteiger partial charge is 0.354 e. The summed E-state index contributed by atoms with van der Waals surface area (Å²) in [5.41, 5.74) is 1.90. The molecule has 3 aromatic rings. The molecule has 3 aromatic carbocycles. The van der Waals surface area contributed by atoms with Crippen LogP contribution in [0.2, 0.25) is 5.02 Å². The van der Waals surface area contributed by atoms with Crippen LogP contribution in [0.4, 0.5) is 5.69 Å². The van der Waals surface area contributed by atoms with E-state index in [1.807, 2.05) is 50.2 Å². The maximum absolute atomic E-state index is 14.0. The molecule has 0 aliphatic heterocycles. The molecule has 1 N–H and O–H groups in total. The summed E-state index contributed by atoms with van der Waals surface area (Å²) in [6, 6.07) is 22.5. The minimum absolute atomic E-state index is 0.0371. The van der Waals surface area contributed by atoms with Crippen LogP contribution in [0.25, 0.3) is 0 Å². The number of halogens is 2. The van der Waals surface area contributed by atoms with Crippen LogP contribution in [0.3, 0.4) is 0 Å². The van der Waals surface area contributed by atoms with E-state index in [4.69, 9.17) is 11.6 Å². The van der Waals surface area contributed by atoms with Gasteiger partial charge in [0, 0.05) is 28.1 Å². The zero-order valence-corrected chi connectivity index (χ0v) is 25.9. The molecule has 1 unspecified atom stereocenters. The van der Waals surface area contributed by atoms with Crippen molar-refractivity contribution in [2.45, 2.75) is 32.9 Å². The molecule has 39 heavy (non-hydrogen) atoms. The fraction of sp³-hybridized carbons (Fsp3) is 0.310. The predicted molar refractivity (Wildman–Crippen MR) is 165 cm³/mol. The molecule has 1 atom stereocenters. The van der Waals surface area contributed by atoms with Crippen LogP contribution < -0.4 is 9.62 Å². The van der Waals surface area contributed by atoms with Gasteiger partial charge in [-0.1, -0.05) is 74.0 Å². The zero-order valence-electron chi connectivity index (χ0n) is 22.2. The van der Waals surface area contributed by atoms with E-state index < -0.39 is 28.5 Å². The first kappa shape index (κ1) is 30.9. The van der Waals surface area contributed by atoms with Crippen molar-refractivity contribution >= 4 is 61.7 Å². The van der Waals surface area contributed by atoms with Gasteiger partial charge in [0.25, 0.3) is 0 Å². The van der Waals surface area contributed by atoms with Crippen LogP contribution in [-0.2, 0) is 32.6 Å². The minimum atomic E-state index is -3.81. The summed E-state index contributed by atoms with van der Waals surface area (Å²) < 4.78 is 27.6. The minimum Gasteiger partial charge on any atom is -0.354 e. The SMILES string of the molecule is CC(C)CNC(=O)C(Cc1ccccc1)N(Cc1ccccc1Cl)C(=O)CN(c1ccc(I)cc1)S(C)(=O)=O. The monoisotopic (exact) mass is 681 g/mol. The van der Waals surface area contributed by atoms with E-state index in [1.54, 1.807) is 42.5 Å². The van der Waals surface area contributed by atoms with E-state index in [1.165, 1.54) is 4.90 Å². The molecule has 0 aliphatic carbocycles. The molecule has 0 aliphatic rings. The quantitative estimate of drug-likeness (QED) is 0.269. The number of rotatable bonds is 12. The van der Waals surface area contributed by atoms with Gasteiger partial charge >= 0.3 is 0 Å². The van der Waals surface area contributed by atoms with Gasteiger partial charge in [0.1, 0.15) is 12.6 Å². The van der Waals surface area contributed by atoms with Crippen molar-refractivity contribution in [3.63, 3.8) is 0 Å². The Labute approximate surface area is 249 Å². The Morgan fingerprint density at radius 3 is 2.15 bits per heavy atom. The number of sulfonamides is 1. The summed E-state index contributed by atoms with van der Waals surface area (Å²) in [6.07, 6.45) is 1.32. The topological polar surface area (TPSA) is 86.8 Å². The fourth-order valence-corrected chi connectivity index (χ4v) is 5.41. The predicted octanol–water partition coefficient (Wildman–Crippen LogP) is 5.12. The van der Waals surface area contributed by atoms with E-state index in [9.17, 15) is 18.0 Å². The highest BCUT2D eigenvalue weighted by Gasteiger charge is 2.33. The summed E-state index contributed by atoms with van der Waals surface area (Å²) in [5.74, 6) is -0.617. The second-order valence-electron chi connectivity index (χ2n) is 9.70. The lowest BCUT2D eigenvalue weighted by Crippen LogP contribution is -2.53.